The van der Waals surface area contributed by atoms with E-state index >= 15 is 0 Å². The highest BCUT2D eigenvalue weighted by molar-refractivity contribution is 7.11. The Morgan fingerprint density at radius 2 is 2.32 bits per heavy atom. The van der Waals surface area contributed by atoms with Crippen molar-refractivity contribution >= 4 is 17.3 Å². The monoisotopic (exact) mass is 362 g/mol. The van der Waals surface area contributed by atoms with Gasteiger partial charge in [0.2, 0.25) is 0 Å². The average Bonchev–Trinajstić information content (AvgIpc) is 3.17. The van der Waals surface area contributed by atoms with Crippen LogP contribution in [0.2, 0.25) is 0 Å². The van der Waals surface area contributed by atoms with E-state index in [0.717, 1.165) is 48.3 Å². The van der Waals surface area contributed by atoms with Crippen molar-refractivity contribution in [3.63, 3.8) is 0 Å². The van der Waals surface area contributed by atoms with Gasteiger partial charge in [-0.05, 0) is 13.8 Å². The molecule has 0 radical (unpaired) electrons. The van der Waals surface area contributed by atoms with Crippen molar-refractivity contribution in [1.29, 1.82) is 0 Å². The van der Waals surface area contributed by atoms with Gasteiger partial charge in [-0.3, -0.25) is 9.67 Å². The Balaban J connectivity index is 1.56. The highest BCUT2D eigenvalue weighted by Gasteiger charge is 2.25. The van der Waals surface area contributed by atoms with Crippen molar-refractivity contribution in [3.05, 3.63) is 33.5 Å². The van der Waals surface area contributed by atoms with E-state index in [4.69, 9.17) is 4.74 Å². The van der Waals surface area contributed by atoms with Crippen LogP contribution in [0.1, 0.15) is 27.2 Å². The number of aromatic nitrogens is 3. The van der Waals surface area contributed by atoms with E-state index in [-0.39, 0.29) is 6.10 Å². The van der Waals surface area contributed by atoms with Gasteiger partial charge in [-0.2, -0.15) is 5.10 Å². The molecule has 8 heteroatoms. The van der Waals surface area contributed by atoms with Crippen molar-refractivity contribution < 1.29 is 4.74 Å². The van der Waals surface area contributed by atoms with Crippen molar-refractivity contribution in [2.75, 3.05) is 33.3 Å². The van der Waals surface area contributed by atoms with E-state index in [1.54, 1.807) is 11.3 Å². The minimum Gasteiger partial charge on any atom is -0.370 e. The summed E-state index contributed by atoms with van der Waals surface area (Å²) in [5.74, 6) is 0.927. The lowest BCUT2D eigenvalue weighted by molar-refractivity contribution is -0.00800. The summed E-state index contributed by atoms with van der Waals surface area (Å²) in [6.45, 7) is 7.30. The third-order valence-corrected chi connectivity index (χ3v) is 5.44. The third kappa shape index (κ3) is 4.38. The maximum atomic E-state index is 5.91. The molecule has 0 aromatic carbocycles. The van der Waals surface area contributed by atoms with E-state index in [0.29, 0.717) is 6.61 Å². The van der Waals surface area contributed by atoms with Gasteiger partial charge in [-0.1, -0.05) is 0 Å². The summed E-state index contributed by atoms with van der Waals surface area (Å²) >= 11 is 1.78. The molecule has 7 nitrogen and oxygen atoms in total. The molecule has 1 fully saturated rings. The fraction of sp³-hybridized carbons (Fsp3) is 0.588. The number of nitrogens with one attached hydrogen (secondary N) is 1. The average molecular weight is 363 g/mol. The first kappa shape index (κ1) is 17.9. The molecule has 0 saturated carbocycles. The number of hydrogen-bond donors (Lipinski definition) is 1. The van der Waals surface area contributed by atoms with Gasteiger partial charge >= 0.3 is 0 Å². The first-order chi connectivity index (χ1) is 12.1. The predicted molar refractivity (Wildman–Crippen MR) is 100 cm³/mol. The maximum Gasteiger partial charge on any atom is 0.193 e. The van der Waals surface area contributed by atoms with Crippen molar-refractivity contribution in [2.45, 2.75) is 26.4 Å². The first-order valence-corrected chi connectivity index (χ1v) is 9.37. The molecule has 2 aromatic rings. The molecule has 3 heterocycles. The van der Waals surface area contributed by atoms with Crippen molar-refractivity contribution in [2.24, 2.45) is 12.0 Å². The van der Waals surface area contributed by atoms with Gasteiger partial charge in [0, 0.05) is 50.2 Å². The summed E-state index contributed by atoms with van der Waals surface area (Å²) in [6.07, 6.45) is 4.89. The zero-order valence-electron chi connectivity index (χ0n) is 15.3. The van der Waals surface area contributed by atoms with Crippen LogP contribution in [0.3, 0.4) is 0 Å². The lowest BCUT2D eigenvalue weighted by atomic mass is 10.1. The van der Waals surface area contributed by atoms with Crippen LogP contribution in [0.25, 0.3) is 0 Å². The molecule has 3 rings (SSSR count). The summed E-state index contributed by atoms with van der Waals surface area (Å²) in [5, 5.41) is 8.85. The molecule has 1 atom stereocenters. The highest BCUT2D eigenvalue weighted by atomic mass is 32.1. The van der Waals surface area contributed by atoms with Gasteiger partial charge in [0.1, 0.15) is 6.10 Å². The van der Waals surface area contributed by atoms with Crippen LogP contribution < -0.4 is 5.32 Å². The minimum atomic E-state index is 0.0346. The molecule has 0 amide bonds. The standard InChI is InChI=1S/C17H26N6OS/c1-12-16(25-13(2)21-12)5-6-19-17(18-3)23-7-8-24-15(11-23)14-9-20-22(4)10-14/h9-10,15H,5-8,11H2,1-4H3,(H,18,19). The fourth-order valence-electron chi connectivity index (χ4n) is 3.08. The number of aryl methyl sites for hydroxylation is 3. The fourth-order valence-corrected chi connectivity index (χ4v) is 4.01. The predicted octanol–water partition coefficient (Wildman–Crippen LogP) is 1.68. The Hall–Kier alpha value is -1.93. The molecular formula is C17H26N6OS. The summed E-state index contributed by atoms with van der Waals surface area (Å²) in [6, 6.07) is 0. The molecule has 2 aromatic heterocycles. The van der Waals surface area contributed by atoms with Gasteiger partial charge in [0.25, 0.3) is 0 Å². The Labute approximate surface area is 152 Å². The zero-order chi connectivity index (χ0) is 17.8. The third-order valence-electron chi connectivity index (χ3n) is 4.31. The van der Waals surface area contributed by atoms with E-state index in [2.05, 4.69) is 39.1 Å². The molecule has 1 aliphatic rings. The number of ether oxygens (including phenoxy) is 1. The van der Waals surface area contributed by atoms with Gasteiger partial charge < -0.3 is 15.0 Å². The number of nitrogens with zero attached hydrogens (tertiary/aromatic N) is 5. The Bertz CT molecular complexity index is 737. The van der Waals surface area contributed by atoms with Crippen LogP contribution in [-0.2, 0) is 18.2 Å². The van der Waals surface area contributed by atoms with Crippen LogP contribution in [0.15, 0.2) is 17.4 Å². The summed E-state index contributed by atoms with van der Waals surface area (Å²) in [4.78, 5) is 12.5. The number of morpholine rings is 1. The normalized spacial score (nSPS) is 18.6. The molecule has 0 aliphatic carbocycles. The number of thiazole rings is 1. The molecule has 1 saturated heterocycles. The molecular weight excluding hydrogens is 336 g/mol. The van der Waals surface area contributed by atoms with E-state index in [9.17, 15) is 0 Å². The largest absolute Gasteiger partial charge is 0.370 e. The zero-order valence-corrected chi connectivity index (χ0v) is 16.1. The van der Waals surface area contributed by atoms with Crippen LogP contribution in [0, 0.1) is 13.8 Å². The summed E-state index contributed by atoms with van der Waals surface area (Å²) < 4.78 is 7.72. The maximum absolute atomic E-state index is 5.91. The number of rotatable bonds is 4. The van der Waals surface area contributed by atoms with Crippen LogP contribution >= 0.6 is 11.3 Å². The van der Waals surface area contributed by atoms with Gasteiger partial charge in [0.05, 0.1) is 30.1 Å². The molecule has 0 spiro atoms. The second-order valence-electron chi connectivity index (χ2n) is 6.22. The van der Waals surface area contributed by atoms with Crippen LogP contribution in [0.5, 0.6) is 0 Å². The molecule has 1 aliphatic heterocycles. The summed E-state index contributed by atoms with van der Waals surface area (Å²) in [7, 11) is 3.76. The second kappa shape index (κ2) is 7.97. The Kier molecular flexibility index (Phi) is 5.70. The van der Waals surface area contributed by atoms with Gasteiger partial charge in [-0.25, -0.2) is 4.98 Å². The molecule has 136 valence electrons. The van der Waals surface area contributed by atoms with Crippen molar-refractivity contribution in [1.82, 2.24) is 25.0 Å². The minimum absolute atomic E-state index is 0.0346. The van der Waals surface area contributed by atoms with Crippen LogP contribution in [-0.4, -0.2) is 58.9 Å². The first-order valence-electron chi connectivity index (χ1n) is 8.55. The number of aliphatic imine (C=N–C) groups is 1. The number of hydrogen-bond acceptors (Lipinski definition) is 5. The van der Waals surface area contributed by atoms with Crippen molar-refractivity contribution in [3.8, 4) is 0 Å². The van der Waals surface area contributed by atoms with Gasteiger partial charge in [0.15, 0.2) is 5.96 Å². The number of guanidine groups is 1. The Morgan fingerprint density at radius 1 is 1.48 bits per heavy atom. The van der Waals surface area contributed by atoms with E-state index < -0.39 is 0 Å². The molecule has 1 unspecified atom stereocenters. The van der Waals surface area contributed by atoms with Crippen LogP contribution in [0.4, 0.5) is 0 Å². The van der Waals surface area contributed by atoms with E-state index in [1.165, 1.54) is 4.88 Å². The lowest BCUT2D eigenvalue weighted by Gasteiger charge is -2.34. The highest BCUT2D eigenvalue weighted by Crippen LogP contribution is 2.21. The lowest BCUT2D eigenvalue weighted by Crippen LogP contribution is -2.48. The molecule has 25 heavy (non-hydrogen) atoms. The quantitative estimate of drug-likeness (QED) is 0.662. The Morgan fingerprint density at radius 3 is 2.96 bits per heavy atom. The smallest absolute Gasteiger partial charge is 0.193 e. The SMILES string of the molecule is CN=C(NCCc1sc(C)nc1C)N1CCOC(c2cnn(C)c2)C1. The molecule has 1 N–H and O–H groups in total. The van der Waals surface area contributed by atoms with Gasteiger partial charge in [-0.15, -0.1) is 11.3 Å². The summed E-state index contributed by atoms with van der Waals surface area (Å²) in [5.41, 5.74) is 2.25. The topological polar surface area (TPSA) is 67.6 Å². The van der Waals surface area contributed by atoms with E-state index in [1.807, 2.05) is 31.2 Å². The molecule has 0 bridgehead atoms. The second-order valence-corrected chi connectivity index (χ2v) is 7.51.